The predicted molar refractivity (Wildman–Crippen MR) is 139 cm³/mol. The summed E-state index contributed by atoms with van der Waals surface area (Å²) >= 11 is 0. The highest BCUT2D eigenvalue weighted by Gasteiger charge is 2.30. The summed E-state index contributed by atoms with van der Waals surface area (Å²) in [6.45, 7) is 4.16. The van der Waals surface area contributed by atoms with Gasteiger partial charge in [-0.3, -0.25) is 4.79 Å². The zero-order valence-electron chi connectivity index (χ0n) is 20.1. The summed E-state index contributed by atoms with van der Waals surface area (Å²) in [6.07, 6.45) is 0.626. The first-order chi connectivity index (χ1) is 17.8. The minimum atomic E-state index is -3.74. The fourth-order valence-corrected chi connectivity index (χ4v) is 5.15. The molecule has 10 heteroatoms. The summed E-state index contributed by atoms with van der Waals surface area (Å²) in [5.41, 5.74) is 1.24. The molecule has 0 unspecified atom stereocenters. The van der Waals surface area contributed by atoms with Crippen molar-refractivity contribution >= 4 is 27.7 Å². The molecule has 3 aromatic rings. The van der Waals surface area contributed by atoms with Gasteiger partial charge in [0.15, 0.2) is 0 Å². The maximum Gasteiger partial charge on any atom is 0.410 e. The number of sulfonamides is 1. The van der Waals surface area contributed by atoms with E-state index in [1.54, 1.807) is 6.07 Å². The van der Waals surface area contributed by atoms with Gasteiger partial charge in [-0.2, -0.15) is 4.31 Å². The summed E-state index contributed by atoms with van der Waals surface area (Å²) in [7, 11) is -3.74. The third-order valence-electron chi connectivity index (χ3n) is 5.68. The number of benzene rings is 3. The smallest absolute Gasteiger partial charge is 0.410 e. The molecule has 1 N–H and O–H groups in total. The van der Waals surface area contributed by atoms with E-state index >= 15 is 0 Å². The van der Waals surface area contributed by atoms with E-state index in [2.05, 4.69) is 11.9 Å². The second-order valence-electron chi connectivity index (χ2n) is 8.23. The van der Waals surface area contributed by atoms with Crippen LogP contribution in [0.15, 0.2) is 96.4 Å². The third-order valence-corrected chi connectivity index (χ3v) is 7.59. The van der Waals surface area contributed by atoms with Crippen LogP contribution in [-0.2, 0) is 26.2 Å². The van der Waals surface area contributed by atoms with E-state index in [0.717, 1.165) is 11.6 Å². The Hall–Kier alpha value is -4.15. The number of rotatable bonds is 8. The van der Waals surface area contributed by atoms with Crippen LogP contribution in [0.3, 0.4) is 0 Å². The SMILES string of the molecule is C=CC(=O)Nc1ccc(S(=O)(=O)N2CCN(C(=O)OCc3cccc(Oc4ccccc4)c3)CC2)cc1. The molecule has 9 nitrogen and oxygen atoms in total. The van der Waals surface area contributed by atoms with Crippen LogP contribution >= 0.6 is 0 Å². The first kappa shape index (κ1) is 25.9. The topological polar surface area (TPSA) is 105 Å². The van der Waals surface area contributed by atoms with E-state index in [1.807, 2.05) is 48.5 Å². The Balaban J connectivity index is 1.28. The maximum atomic E-state index is 13.0. The standard InChI is InChI=1S/C27H27N3O6S/c1-2-26(31)28-22-11-13-25(14-12-22)37(33,34)30-17-15-29(16-18-30)27(32)35-20-21-7-6-10-24(19-21)36-23-8-4-3-5-9-23/h2-14,19H,1,15-18,20H2,(H,28,31). The number of piperazine rings is 1. The molecule has 0 atom stereocenters. The first-order valence-electron chi connectivity index (χ1n) is 11.6. The van der Waals surface area contributed by atoms with Gasteiger partial charge in [-0.15, -0.1) is 0 Å². The molecule has 192 valence electrons. The van der Waals surface area contributed by atoms with Gasteiger partial charge >= 0.3 is 6.09 Å². The van der Waals surface area contributed by atoms with Crippen molar-refractivity contribution in [1.29, 1.82) is 0 Å². The minimum Gasteiger partial charge on any atom is -0.457 e. The molecule has 1 saturated heterocycles. The molecule has 0 aromatic heterocycles. The highest BCUT2D eigenvalue weighted by molar-refractivity contribution is 7.89. The molecule has 37 heavy (non-hydrogen) atoms. The second-order valence-corrected chi connectivity index (χ2v) is 10.2. The molecular weight excluding hydrogens is 494 g/mol. The van der Waals surface area contributed by atoms with Crippen molar-refractivity contribution in [3.63, 3.8) is 0 Å². The number of ether oxygens (including phenoxy) is 2. The van der Waals surface area contributed by atoms with Crippen LogP contribution in [-0.4, -0.2) is 55.8 Å². The summed E-state index contributed by atoms with van der Waals surface area (Å²) in [5, 5.41) is 2.58. The number of nitrogens with zero attached hydrogens (tertiary/aromatic N) is 2. The molecule has 0 saturated carbocycles. The Labute approximate surface area is 216 Å². The van der Waals surface area contributed by atoms with Crippen LogP contribution in [0.1, 0.15) is 5.56 Å². The molecule has 1 heterocycles. The molecule has 0 aliphatic carbocycles. The lowest BCUT2D eigenvalue weighted by Crippen LogP contribution is -2.50. The van der Waals surface area contributed by atoms with Gasteiger partial charge in [-0.25, -0.2) is 13.2 Å². The van der Waals surface area contributed by atoms with Gasteiger partial charge in [0.05, 0.1) is 4.90 Å². The van der Waals surface area contributed by atoms with Crippen molar-refractivity contribution in [2.24, 2.45) is 0 Å². The Bertz CT molecular complexity index is 1350. The number of amides is 2. The minimum absolute atomic E-state index is 0.0675. The lowest BCUT2D eigenvalue weighted by molar-refractivity contribution is -0.111. The highest BCUT2D eigenvalue weighted by atomic mass is 32.2. The van der Waals surface area contributed by atoms with Crippen LogP contribution in [0.2, 0.25) is 0 Å². The molecular formula is C27H27N3O6S. The predicted octanol–water partition coefficient (Wildman–Crippen LogP) is 4.25. The number of nitrogens with one attached hydrogen (secondary N) is 1. The Morgan fingerprint density at radius 1 is 0.892 bits per heavy atom. The van der Waals surface area contributed by atoms with Crippen LogP contribution in [0, 0.1) is 0 Å². The van der Waals surface area contributed by atoms with Crippen molar-refractivity contribution in [2.75, 3.05) is 31.5 Å². The van der Waals surface area contributed by atoms with Gasteiger partial charge in [0.2, 0.25) is 15.9 Å². The number of para-hydroxylation sites is 1. The molecule has 1 aliphatic rings. The van der Waals surface area contributed by atoms with Gasteiger partial charge in [-0.1, -0.05) is 36.9 Å². The zero-order chi connectivity index (χ0) is 26.3. The van der Waals surface area contributed by atoms with Gasteiger partial charge < -0.3 is 19.7 Å². The number of hydrogen-bond acceptors (Lipinski definition) is 6. The number of carbonyl (C=O) groups excluding carboxylic acids is 2. The van der Waals surface area contributed by atoms with Crippen LogP contribution in [0.4, 0.5) is 10.5 Å². The Morgan fingerprint density at radius 2 is 1.57 bits per heavy atom. The van der Waals surface area contributed by atoms with Crippen molar-refractivity contribution in [3.05, 3.63) is 97.1 Å². The van der Waals surface area contributed by atoms with Crippen LogP contribution in [0.5, 0.6) is 11.5 Å². The van der Waals surface area contributed by atoms with E-state index < -0.39 is 16.1 Å². The lowest BCUT2D eigenvalue weighted by Gasteiger charge is -2.33. The van der Waals surface area contributed by atoms with Crippen molar-refractivity contribution in [1.82, 2.24) is 9.21 Å². The average Bonchev–Trinajstić information content (AvgIpc) is 2.93. The van der Waals surface area contributed by atoms with Crippen LogP contribution < -0.4 is 10.1 Å². The monoisotopic (exact) mass is 521 g/mol. The van der Waals surface area contributed by atoms with E-state index in [9.17, 15) is 18.0 Å². The third kappa shape index (κ3) is 6.75. The summed E-state index contributed by atoms with van der Waals surface area (Å²) in [5.74, 6) is 0.960. The van der Waals surface area contributed by atoms with Gasteiger partial charge in [0.25, 0.3) is 0 Å². The molecule has 3 aromatic carbocycles. The summed E-state index contributed by atoms with van der Waals surface area (Å²) < 4.78 is 38.6. The van der Waals surface area contributed by atoms with Gasteiger partial charge in [0, 0.05) is 31.9 Å². The van der Waals surface area contributed by atoms with E-state index in [4.69, 9.17) is 9.47 Å². The molecule has 0 radical (unpaired) electrons. The first-order valence-corrected chi connectivity index (χ1v) is 13.1. The van der Waals surface area contributed by atoms with E-state index in [0.29, 0.717) is 17.2 Å². The number of hydrogen-bond donors (Lipinski definition) is 1. The lowest BCUT2D eigenvalue weighted by atomic mass is 10.2. The van der Waals surface area contributed by atoms with Gasteiger partial charge in [0.1, 0.15) is 18.1 Å². The van der Waals surface area contributed by atoms with E-state index in [-0.39, 0.29) is 43.6 Å². The largest absolute Gasteiger partial charge is 0.457 e. The zero-order valence-corrected chi connectivity index (χ0v) is 20.9. The molecule has 0 spiro atoms. The maximum absolute atomic E-state index is 13.0. The molecule has 1 aliphatic heterocycles. The Kier molecular flexibility index (Phi) is 8.22. The summed E-state index contributed by atoms with van der Waals surface area (Å²) in [6, 6.07) is 22.6. The average molecular weight is 522 g/mol. The van der Waals surface area contributed by atoms with Crippen molar-refractivity contribution in [2.45, 2.75) is 11.5 Å². The number of anilines is 1. The molecule has 2 amide bonds. The Morgan fingerprint density at radius 3 is 2.24 bits per heavy atom. The molecule has 4 rings (SSSR count). The number of carbonyl (C=O) groups is 2. The normalized spacial score (nSPS) is 14.0. The van der Waals surface area contributed by atoms with Crippen LogP contribution in [0.25, 0.3) is 0 Å². The molecule has 0 bridgehead atoms. The highest BCUT2D eigenvalue weighted by Crippen LogP contribution is 2.23. The van der Waals surface area contributed by atoms with Crippen molar-refractivity contribution in [3.8, 4) is 11.5 Å². The fourth-order valence-electron chi connectivity index (χ4n) is 3.72. The second kappa shape index (κ2) is 11.7. The molecule has 1 fully saturated rings. The van der Waals surface area contributed by atoms with Gasteiger partial charge in [-0.05, 0) is 60.2 Å². The summed E-state index contributed by atoms with van der Waals surface area (Å²) in [4.78, 5) is 25.6. The fraction of sp³-hybridized carbons (Fsp3) is 0.185. The van der Waals surface area contributed by atoms with E-state index in [1.165, 1.54) is 33.5 Å². The quantitative estimate of drug-likeness (QED) is 0.445. The van der Waals surface area contributed by atoms with Crippen molar-refractivity contribution < 1.29 is 27.5 Å².